The molecular weight excluding hydrogens is 300 g/mol. The summed E-state index contributed by atoms with van der Waals surface area (Å²) >= 11 is -2.00. The van der Waals surface area contributed by atoms with Crippen LogP contribution in [0.15, 0.2) is 0 Å². The third-order valence-corrected chi connectivity index (χ3v) is 7.20. The van der Waals surface area contributed by atoms with Gasteiger partial charge in [-0.15, -0.1) is 0 Å². The van der Waals surface area contributed by atoms with Crippen LogP contribution in [0.5, 0.6) is 0 Å². The molecule has 8 nitrogen and oxygen atoms in total. The molecule has 4 aliphatic heterocycles. The first-order valence-electron chi connectivity index (χ1n) is 2.60. The van der Waals surface area contributed by atoms with Crippen LogP contribution in [0.2, 0.25) is 0 Å². The Morgan fingerprint density at radius 3 is 0.923 bits per heavy atom. The van der Waals surface area contributed by atoms with Gasteiger partial charge in [0.05, 0.1) is 0 Å². The monoisotopic (exact) mass is 300 g/mol. The fraction of sp³-hybridized carbons (Fsp3) is 0. The maximum absolute atomic E-state index is 8.50. The minimum absolute atomic E-state index is 1.20. The minimum atomic E-state index is -2.00. The maximum atomic E-state index is 8.50. The van der Waals surface area contributed by atoms with E-state index >= 15 is 0 Å². The zero-order valence-electron chi connectivity index (χ0n) is 5.55. The quantitative estimate of drug-likeness (QED) is 0.498. The second-order valence-electron chi connectivity index (χ2n) is 1.47. The predicted molar refractivity (Wildman–Crippen MR) is 35.6 cm³/mol. The van der Waals surface area contributed by atoms with Crippen molar-refractivity contribution in [3.63, 3.8) is 0 Å². The van der Waals surface area contributed by atoms with Crippen LogP contribution in [-0.4, -0.2) is 0 Å². The zero-order valence-corrected chi connectivity index (χ0v) is 10.7. The van der Waals surface area contributed by atoms with Crippen molar-refractivity contribution in [2.24, 2.45) is 0 Å². The van der Waals surface area contributed by atoms with E-state index < -0.39 is 53.5 Å². The molecule has 0 spiro atoms. The van der Waals surface area contributed by atoms with E-state index in [2.05, 4.69) is 0 Å². The van der Waals surface area contributed by atoms with Crippen molar-refractivity contribution in [2.45, 2.75) is 0 Å². The molecule has 0 atom stereocenters. The Labute approximate surface area is 86.1 Å². The average Bonchev–Trinajstić information content (AvgIpc) is 2.01. The Morgan fingerprint density at radius 2 is 0.769 bits per heavy atom. The SMILES string of the molecule is O1P2OP3OP1OP(O2)O3.[O]=[Ti]=[O]. The number of hydrogen-bond donors (Lipinski definition) is 0. The summed E-state index contributed by atoms with van der Waals surface area (Å²) in [5, 5.41) is 0. The van der Waals surface area contributed by atoms with Gasteiger partial charge < -0.3 is 0 Å². The molecule has 13 heteroatoms. The molecule has 0 aromatic carbocycles. The van der Waals surface area contributed by atoms with Crippen LogP contribution in [0.1, 0.15) is 0 Å². The van der Waals surface area contributed by atoms with Gasteiger partial charge in [-0.05, 0) is 0 Å². The average molecular weight is 300 g/mol. The van der Waals surface area contributed by atoms with E-state index in [9.17, 15) is 0 Å². The fourth-order valence-electron chi connectivity index (χ4n) is 0.505. The number of hydrogen-bond acceptors (Lipinski definition) is 8. The third kappa shape index (κ3) is 2.88. The molecule has 0 saturated carbocycles. The van der Waals surface area contributed by atoms with Gasteiger partial charge in [0.15, 0.2) is 0 Å². The summed E-state index contributed by atoms with van der Waals surface area (Å²) in [7, 11) is -4.80. The number of rotatable bonds is 0. The van der Waals surface area contributed by atoms with Gasteiger partial charge in [0.2, 0.25) is 0 Å². The first-order valence-corrected chi connectivity index (χ1v) is 8.26. The van der Waals surface area contributed by atoms with Gasteiger partial charge >= 0.3 is 60.1 Å². The van der Waals surface area contributed by atoms with Gasteiger partial charge in [-0.2, -0.15) is 0 Å². The summed E-state index contributed by atoms with van der Waals surface area (Å²) < 4.78 is 47.1. The Morgan fingerprint density at radius 1 is 0.615 bits per heavy atom. The van der Waals surface area contributed by atoms with Crippen molar-refractivity contribution in [3.8, 4) is 0 Å². The van der Waals surface area contributed by atoms with Crippen molar-refractivity contribution >= 4 is 34.4 Å². The molecule has 0 N–H and O–H groups in total. The van der Waals surface area contributed by atoms with Gasteiger partial charge in [0.1, 0.15) is 0 Å². The van der Waals surface area contributed by atoms with Crippen LogP contribution in [0, 0.1) is 0 Å². The predicted octanol–water partition coefficient (Wildman–Crippen LogP) is 2.79. The fourth-order valence-corrected chi connectivity index (χ4v) is 7.77. The molecule has 0 amide bonds. The van der Waals surface area contributed by atoms with Crippen LogP contribution < -0.4 is 0 Å². The molecular formula is O8P4Ti. The molecule has 0 aliphatic carbocycles. The van der Waals surface area contributed by atoms with Crippen molar-refractivity contribution in [3.05, 3.63) is 0 Å². The first kappa shape index (κ1) is 11.3. The Kier molecular flexibility index (Phi) is 4.53. The van der Waals surface area contributed by atoms with Crippen molar-refractivity contribution in [1.29, 1.82) is 0 Å². The van der Waals surface area contributed by atoms with Crippen LogP contribution >= 0.6 is 34.4 Å². The Hall–Kier alpha value is 1.79. The van der Waals surface area contributed by atoms with Crippen molar-refractivity contribution < 1.29 is 51.6 Å². The summed E-state index contributed by atoms with van der Waals surface area (Å²) in [4.78, 5) is 0. The third-order valence-electron chi connectivity index (χ3n) is 0.800. The zero-order chi connectivity index (χ0) is 9.26. The Bertz CT molecular complexity index is 168. The van der Waals surface area contributed by atoms with E-state index in [4.69, 9.17) is 32.5 Å². The molecule has 0 radical (unpaired) electrons. The standard InChI is InChI=1S/O6P4.2O.Ti/c1-7-2-9-4-8(1)5-10(3-7)6-9;;;. The van der Waals surface area contributed by atoms with Crippen molar-refractivity contribution in [1.82, 2.24) is 0 Å². The summed E-state index contributed by atoms with van der Waals surface area (Å²) in [5.41, 5.74) is 0. The summed E-state index contributed by atoms with van der Waals surface area (Å²) in [6, 6.07) is 0. The van der Waals surface area contributed by atoms with Gasteiger partial charge in [0, 0.05) is 0 Å². The van der Waals surface area contributed by atoms with Crippen LogP contribution in [0.25, 0.3) is 0 Å². The molecule has 4 aliphatic rings. The molecule has 13 heavy (non-hydrogen) atoms. The molecule has 0 aromatic rings. The van der Waals surface area contributed by atoms with Gasteiger partial charge in [-0.3, -0.25) is 0 Å². The molecule has 4 saturated heterocycles. The Balaban J connectivity index is 0.000000196. The van der Waals surface area contributed by atoms with E-state index in [1.807, 2.05) is 0 Å². The first-order chi connectivity index (χ1) is 6.31. The second kappa shape index (κ2) is 5.22. The van der Waals surface area contributed by atoms with E-state index in [-0.39, 0.29) is 0 Å². The molecule has 72 valence electrons. The summed E-state index contributed by atoms with van der Waals surface area (Å²) in [5.74, 6) is 0. The van der Waals surface area contributed by atoms with Crippen molar-refractivity contribution in [2.75, 3.05) is 0 Å². The van der Waals surface area contributed by atoms with Crippen LogP contribution in [0.3, 0.4) is 0 Å². The van der Waals surface area contributed by atoms with Crippen LogP contribution in [0.4, 0.5) is 0 Å². The van der Waals surface area contributed by atoms with Gasteiger partial charge in [-0.25, -0.2) is 25.9 Å². The van der Waals surface area contributed by atoms with Gasteiger partial charge in [0.25, 0.3) is 0 Å². The van der Waals surface area contributed by atoms with E-state index in [1.54, 1.807) is 0 Å². The molecule has 4 heterocycles. The normalized spacial score (nSPS) is 44.9. The van der Waals surface area contributed by atoms with E-state index in [0.29, 0.717) is 0 Å². The summed E-state index contributed by atoms with van der Waals surface area (Å²) in [6.07, 6.45) is 0. The molecule has 0 aromatic heterocycles. The van der Waals surface area contributed by atoms with E-state index in [1.165, 1.54) is 0 Å². The second-order valence-corrected chi connectivity index (χ2v) is 7.44. The molecule has 4 fully saturated rings. The summed E-state index contributed by atoms with van der Waals surface area (Å²) in [6.45, 7) is 0. The van der Waals surface area contributed by atoms with Gasteiger partial charge in [-0.1, -0.05) is 0 Å². The van der Waals surface area contributed by atoms with Crippen LogP contribution in [-0.2, 0) is 51.6 Å². The molecule has 4 bridgehead atoms. The molecule has 0 unspecified atom stereocenters. The molecule has 4 rings (SSSR count). The van der Waals surface area contributed by atoms with E-state index in [0.717, 1.165) is 0 Å². The topological polar surface area (TPSA) is 89.5 Å².